The van der Waals surface area contributed by atoms with Crippen molar-refractivity contribution in [3.05, 3.63) is 42.0 Å². The quantitative estimate of drug-likeness (QED) is 0.555. The number of hydrogen-bond donors (Lipinski definition) is 1. The van der Waals surface area contributed by atoms with Gasteiger partial charge in [0.1, 0.15) is 6.29 Å². The van der Waals surface area contributed by atoms with Crippen LogP contribution in [-0.2, 0) is 4.79 Å². The zero-order valence-electron chi connectivity index (χ0n) is 7.66. The lowest BCUT2D eigenvalue weighted by atomic mass is 10.1. The minimum atomic E-state index is 0.711. The third kappa shape index (κ3) is 2.84. The Kier molecular flexibility index (Phi) is 3.93. The minimum absolute atomic E-state index is 0.711. The average molecular weight is 175 g/mol. The van der Waals surface area contributed by atoms with E-state index in [1.165, 1.54) is 0 Å². The predicted octanol–water partition coefficient (Wildman–Crippen LogP) is 1.49. The molecule has 2 heteroatoms. The summed E-state index contributed by atoms with van der Waals surface area (Å²) in [6.07, 6.45) is 2.76. The molecule has 13 heavy (non-hydrogen) atoms. The standard InChI is InChI=1S/C11H13NO/c1-12-8-7-11(9-13)10-5-3-2-4-6-10/h2-7,9,12H,8H2,1H3. The summed E-state index contributed by atoms with van der Waals surface area (Å²) in [6, 6.07) is 9.63. The van der Waals surface area contributed by atoms with E-state index >= 15 is 0 Å². The number of allylic oxidation sites excluding steroid dienone is 1. The Labute approximate surface area is 78.3 Å². The lowest BCUT2D eigenvalue weighted by Crippen LogP contribution is -2.05. The number of carbonyl (C=O) groups excluding carboxylic acids is 1. The molecular weight excluding hydrogens is 162 g/mol. The van der Waals surface area contributed by atoms with Gasteiger partial charge in [-0.25, -0.2) is 0 Å². The number of likely N-dealkylation sites (N-methyl/N-ethyl adjacent to an activating group) is 1. The van der Waals surface area contributed by atoms with Crippen molar-refractivity contribution >= 4 is 11.9 Å². The van der Waals surface area contributed by atoms with Gasteiger partial charge in [-0.2, -0.15) is 0 Å². The van der Waals surface area contributed by atoms with Gasteiger partial charge in [-0.3, -0.25) is 4.79 Å². The fraction of sp³-hybridized carbons (Fsp3) is 0.182. The van der Waals surface area contributed by atoms with Crippen molar-refractivity contribution in [3.8, 4) is 0 Å². The van der Waals surface area contributed by atoms with Crippen LogP contribution in [0.25, 0.3) is 5.57 Å². The molecule has 0 saturated heterocycles. The first-order chi connectivity index (χ1) is 6.38. The molecule has 0 atom stereocenters. The highest BCUT2D eigenvalue weighted by molar-refractivity contribution is 6.06. The Morgan fingerprint density at radius 1 is 1.38 bits per heavy atom. The van der Waals surface area contributed by atoms with Gasteiger partial charge in [0.15, 0.2) is 0 Å². The number of aldehydes is 1. The maximum atomic E-state index is 10.7. The molecule has 0 saturated carbocycles. The molecule has 0 aromatic heterocycles. The largest absolute Gasteiger partial charge is 0.316 e. The molecular formula is C11H13NO. The molecule has 1 aromatic carbocycles. The van der Waals surface area contributed by atoms with Crippen molar-refractivity contribution in [1.29, 1.82) is 0 Å². The second kappa shape index (κ2) is 5.27. The SMILES string of the molecule is CNCC=C(C=O)c1ccccc1. The van der Waals surface area contributed by atoms with Crippen molar-refractivity contribution < 1.29 is 4.79 Å². The highest BCUT2D eigenvalue weighted by Crippen LogP contribution is 2.10. The lowest BCUT2D eigenvalue weighted by Gasteiger charge is -1.99. The highest BCUT2D eigenvalue weighted by Gasteiger charge is 1.96. The predicted molar refractivity (Wildman–Crippen MR) is 54.4 cm³/mol. The summed E-state index contributed by atoms with van der Waals surface area (Å²) in [6.45, 7) is 0.711. The number of nitrogens with one attached hydrogen (secondary N) is 1. The van der Waals surface area contributed by atoms with Crippen molar-refractivity contribution in [3.63, 3.8) is 0 Å². The molecule has 2 nitrogen and oxygen atoms in total. The van der Waals surface area contributed by atoms with Gasteiger partial charge >= 0.3 is 0 Å². The average Bonchev–Trinajstić information content (AvgIpc) is 2.21. The van der Waals surface area contributed by atoms with E-state index in [2.05, 4.69) is 5.32 Å². The molecule has 0 aliphatic heterocycles. The molecule has 0 radical (unpaired) electrons. The van der Waals surface area contributed by atoms with Crippen LogP contribution in [0, 0.1) is 0 Å². The van der Waals surface area contributed by atoms with Gasteiger partial charge < -0.3 is 5.32 Å². The molecule has 1 rings (SSSR count). The number of rotatable bonds is 4. The lowest BCUT2D eigenvalue weighted by molar-refractivity contribution is -0.103. The fourth-order valence-corrected chi connectivity index (χ4v) is 1.08. The van der Waals surface area contributed by atoms with Crippen LogP contribution in [0.5, 0.6) is 0 Å². The molecule has 0 amide bonds. The minimum Gasteiger partial charge on any atom is -0.316 e. The second-order valence-electron chi connectivity index (χ2n) is 2.70. The van der Waals surface area contributed by atoms with Crippen LogP contribution in [0.1, 0.15) is 5.56 Å². The van der Waals surface area contributed by atoms with Gasteiger partial charge in [-0.05, 0) is 12.6 Å². The summed E-state index contributed by atoms with van der Waals surface area (Å²) in [5, 5.41) is 2.97. The smallest absolute Gasteiger partial charge is 0.150 e. The number of carbonyl (C=O) groups is 1. The van der Waals surface area contributed by atoms with E-state index in [0.29, 0.717) is 6.54 Å². The summed E-state index contributed by atoms with van der Waals surface area (Å²) in [7, 11) is 1.85. The van der Waals surface area contributed by atoms with E-state index in [4.69, 9.17) is 0 Å². The molecule has 1 N–H and O–H groups in total. The van der Waals surface area contributed by atoms with Crippen LogP contribution in [0.2, 0.25) is 0 Å². The maximum Gasteiger partial charge on any atom is 0.150 e. The number of hydrogen-bond acceptors (Lipinski definition) is 2. The Morgan fingerprint density at radius 2 is 2.08 bits per heavy atom. The van der Waals surface area contributed by atoms with E-state index in [1.807, 2.05) is 43.5 Å². The van der Waals surface area contributed by atoms with Crippen molar-refractivity contribution in [2.45, 2.75) is 0 Å². The Hall–Kier alpha value is -1.41. The van der Waals surface area contributed by atoms with Crippen LogP contribution in [0.4, 0.5) is 0 Å². The van der Waals surface area contributed by atoms with Gasteiger partial charge in [-0.15, -0.1) is 0 Å². The Morgan fingerprint density at radius 3 is 2.62 bits per heavy atom. The van der Waals surface area contributed by atoms with Gasteiger partial charge in [0, 0.05) is 12.1 Å². The summed E-state index contributed by atoms with van der Waals surface area (Å²) in [4.78, 5) is 10.7. The van der Waals surface area contributed by atoms with Crippen molar-refractivity contribution in [1.82, 2.24) is 5.32 Å². The topological polar surface area (TPSA) is 29.1 Å². The Balaban J connectivity index is 2.84. The van der Waals surface area contributed by atoms with E-state index in [-0.39, 0.29) is 0 Å². The molecule has 0 unspecified atom stereocenters. The van der Waals surface area contributed by atoms with E-state index in [0.717, 1.165) is 17.4 Å². The fourth-order valence-electron chi connectivity index (χ4n) is 1.08. The van der Waals surface area contributed by atoms with Crippen LogP contribution in [0.15, 0.2) is 36.4 Å². The summed E-state index contributed by atoms with van der Waals surface area (Å²) in [5.74, 6) is 0. The van der Waals surface area contributed by atoms with Crippen LogP contribution in [-0.4, -0.2) is 19.9 Å². The Bertz CT molecular complexity index is 290. The van der Waals surface area contributed by atoms with Crippen molar-refractivity contribution in [2.24, 2.45) is 0 Å². The van der Waals surface area contributed by atoms with Crippen LogP contribution < -0.4 is 5.32 Å². The third-order valence-electron chi connectivity index (χ3n) is 1.76. The second-order valence-corrected chi connectivity index (χ2v) is 2.70. The summed E-state index contributed by atoms with van der Waals surface area (Å²) >= 11 is 0. The molecule has 0 spiro atoms. The molecule has 0 heterocycles. The molecule has 1 aromatic rings. The van der Waals surface area contributed by atoms with Crippen molar-refractivity contribution in [2.75, 3.05) is 13.6 Å². The summed E-state index contributed by atoms with van der Waals surface area (Å²) in [5.41, 5.74) is 1.70. The molecule has 0 bridgehead atoms. The molecule has 0 aliphatic carbocycles. The molecule has 0 aliphatic rings. The summed E-state index contributed by atoms with van der Waals surface area (Å²) < 4.78 is 0. The first-order valence-electron chi connectivity index (χ1n) is 4.24. The molecule has 68 valence electrons. The first-order valence-corrected chi connectivity index (χ1v) is 4.24. The molecule has 0 fully saturated rings. The van der Waals surface area contributed by atoms with E-state index in [9.17, 15) is 4.79 Å². The van der Waals surface area contributed by atoms with Gasteiger partial charge in [0.05, 0.1) is 0 Å². The maximum absolute atomic E-state index is 10.7. The number of benzene rings is 1. The van der Waals surface area contributed by atoms with E-state index < -0.39 is 0 Å². The zero-order valence-corrected chi connectivity index (χ0v) is 7.66. The van der Waals surface area contributed by atoms with Crippen LogP contribution >= 0.6 is 0 Å². The highest BCUT2D eigenvalue weighted by atomic mass is 16.1. The monoisotopic (exact) mass is 175 g/mol. The van der Waals surface area contributed by atoms with Gasteiger partial charge in [0.25, 0.3) is 0 Å². The van der Waals surface area contributed by atoms with Gasteiger partial charge in [0.2, 0.25) is 0 Å². The zero-order chi connectivity index (χ0) is 9.52. The first kappa shape index (κ1) is 9.68. The third-order valence-corrected chi connectivity index (χ3v) is 1.76. The van der Waals surface area contributed by atoms with Crippen LogP contribution in [0.3, 0.4) is 0 Å². The van der Waals surface area contributed by atoms with Gasteiger partial charge in [-0.1, -0.05) is 36.4 Å². The van der Waals surface area contributed by atoms with E-state index in [1.54, 1.807) is 0 Å². The normalized spacial score (nSPS) is 11.3.